The van der Waals surface area contributed by atoms with Gasteiger partial charge in [0.25, 0.3) is 5.91 Å². The van der Waals surface area contributed by atoms with E-state index in [1.54, 1.807) is 49.4 Å². The fourth-order valence-corrected chi connectivity index (χ4v) is 2.65. The molecule has 0 fully saturated rings. The second-order valence-electron chi connectivity index (χ2n) is 6.10. The molecular formula is C20H23N5O3. The Morgan fingerprint density at radius 3 is 2.57 bits per heavy atom. The van der Waals surface area contributed by atoms with E-state index >= 15 is 0 Å². The van der Waals surface area contributed by atoms with Gasteiger partial charge in [-0.25, -0.2) is 4.79 Å². The van der Waals surface area contributed by atoms with Gasteiger partial charge in [-0.05, 0) is 49.7 Å². The highest BCUT2D eigenvalue weighted by Crippen LogP contribution is 2.18. The molecule has 4 N–H and O–H groups in total. The number of aliphatic imine (C=N–C) groups is 1. The van der Waals surface area contributed by atoms with Crippen LogP contribution in [-0.4, -0.2) is 37.7 Å². The highest BCUT2D eigenvalue weighted by atomic mass is 16.5. The van der Waals surface area contributed by atoms with Crippen LogP contribution in [0.15, 0.2) is 53.5 Å². The van der Waals surface area contributed by atoms with E-state index in [0.29, 0.717) is 22.9 Å². The summed E-state index contributed by atoms with van der Waals surface area (Å²) in [5, 5.41) is 11.8. The molecule has 0 spiro atoms. The number of hydrogen-bond acceptors (Lipinski definition) is 6. The number of ether oxygens (including phenoxy) is 1. The van der Waals surface area contributed by atoms with Crippen LogP contribution in [0, 0.1) is 0 Å². The Hall–Kier alpha value is -3.55. The van der Waals surface area contributed by atoms with Crippen molar-refractivity contribution in [3.63, 3.8) is 0 Å². The minimum absolute atomic E-state index is 0.254. The molecule has 0 atom stereocenters. The fraction of sp³-hybridized carbons (Fsp3) is 0.250. The Balaban J connectivity index is 1.65. The minimum Gasteiger partial charge on any atom is -0.450 e. The molecule has 2 amide bonds. The van der Waals surface area contributed by atoms with Crippen molar-refractivity contribution in [1.82, 2.24) is 5.32 Å². The SMILES string of the molecule is CCOC(=O)Nc1cccc(NC(=O)c2cccc(NC3=NCCCN3)c2)c1. The van der Waals surface area contributed by atoms with E-state index in [-0.39, 0.29) is 12.5 Å². The lowest BCUT2D eigenvalue weighted by Crippen LogP contribution is -2.35. The quantitative estimate of drug-likeness (QED) is 0.636. The normalized spacial score (nSPS) is 13.0. The predicted molar refractivity (Wildman–Crippen MR) is 110 cm³/mol. The lowest BCUT2D eigenvalue weighted by Gasteiger charge is -2.16. The molecule has 28 heavy (non-hydrogen) atoms. The van der Waals surface area contributed by atoms with E-state index in [4.69, 9.17) is 4.74 Å². The molecule has 2 aromatic rings. The summed E-state index contributed by atoms with van der Waals surface area (Å²) >= 11 is 0. The summed E-state index contributed by atoms with van der Waals surface area (Å²) in [7, 11) is 0. The van der Waals surface area contributed by atoms with Gasteiger partial charge in [-0.2, -0.15) is 0 Å². The number of nitrogens with one attached hydrogen (secondary N) is 4. The number of amides is 2. The molecule has 0 aromatic heterocycles. The van der Waals surface area contributed by atoms with Gasteiger partial charge >= 0.3 is 6.09 Å². The van der Waals surface area contributed by atoms with Crippen molar-refractivity contribution in [3.05, 3.63) is 54.1 Å². The number of carbonyl (C=O) groups excluding carboxylic acids is 2. The first-order chi connectivity index (χ1) is 13.6. The summed E-state index contributed by atoms with van der Waals surface area (Å²) in [6, 6.07) is 14.0. The van der Waals surface area contributed by atoms with E-state index in [1.807, 2.05) is 6.07 Å². The maximum absolute atomic E-state index is 12.6. The van der Waals surface area contributed by atoms with Gasteiger partial charge < -0.3 is 20.7 Å². The van der Waals surface area contributed by atoms with Crippen LogP contribution < -0.4 is 21.3 Å². The number of anilines is 3. The lowest BCUT2D eigenvalue weighted by molar-refractivity contribution is 0.102. The molecule has 8 nitrogen and oxygen atoms in total. The molecule has 1 aliphatic heterocycles. The van der Waals surface area contributed by atoms with E-state index in [9.17, 15) is 9.59 Å². The smallest absolute Gasteiger partial charge is 0.411 e. The van der Waals surface area contributed by atoms with Gasteiger partial charge in [0.15, 0.2) is 5.96 Å². The highest BCUT2D eigenvalue weighted by molar-refractivity contribution is 6.05. The largest absolute Gasteiger partial charge is 0.450 e. The first kappa shape index (κ1) is 19.2. The molecule has 0 unspecified atom stereocenters. The van der Waals surface area contributed by atoms with Crippen molar-refractivity contribution < 1.29 is 14.3 Å². The average molecular weight is 381 g/mol. The molecule has 3 rings (SSSR count). The second kappa shape index (κ2) is 9.40. The van der Waals surface area contributed by atoms with E-state index < -0.39 is 6.09 Å². The van der Waals surface area contributed by atoms with Gasteiger partial charge in [0.2, 0.25) is 0 Å². The summed E-state index contributed by atoms with van der Waals surface area (Å²) in [6.07, 6.45) is 0.474. The molecule has 1 heterocycles. The number of rotatable bonds is 5. The fourth-order valence-electron chi connectivity index (χ4n) is 2.65. The maximum atomic E-state index is 12.6. The van der Waals surface area contributed by atoms with Gasteiger partial charge in [-0.1, -0.05) is 12.1 Å². The van der Waals surface area contributed by atoms with Crippen LogP contribution in [0.25, 0.3) is 0 Å². The van der Waals surface area contributed by atoms with Crippen molar-refractivity contribution >= 4 is 35.0 Å². The monoisotopic (exact) mass is 381 g/mol. The van der Waals surface area contributed by atoms with E-state index in [2.05, 4.69) is 26.3 Å². The zero-order valence-corrected chi connectivity index (χ0v) is 15.6. The summed E-state index contributed by atoms with van der Waals surface area (Å²) in [5.74, 6) is 0.456. The van der Waals surface area contributed by atoms with E-state index in [1.165, 1.54) is 0 Å². The molecule has 0 saturated carbocycles. The van der Waals surface area contributed by atoms with Crippen LogP contribution in [0.2, 0.25) is 0 Å². The molecule has 0 bridgehead atoms. The van der Waals surface area contributed by atoms with Crippen molar-refractivity contribution in [2.45, 2.75) is 13.3 Å². The predicted octanol–water partition coefficient (Wildman–Crippen LogP) is 3.27. The summed E-state index contributed by atoms with van der Waals surface area (Å²) < 4.78 is 4.85. The van der Waals surface area contributed by atoms with Gasteiger partial charge in [0.05, 0.1) is 6.61 Å². The number of benzene rings is 2. The summed E-state index contributed by atoms with van der Waals surface area (Å²) in [6.45, 7) is 3.68. The van der Waals surface area contributed by atoms with Crippen LogP contribution in [0.1, 0.15) is 23.7 Å². The van der Waals surface area contributed by atoms with Gasteiger partial charge in [-0.3, -0.25) is 15.1 Å². The second-order valence-corrected chi connectivity index (χ2v) is 6.10. The summed E-state index contributed by atoms with van der Waals surface area (Å²) in [4.78, 5) is 28.5. The topological polar surface area (TPSA) is 104 Å². The first-order valence-electron chi connectivity index (χ1n) is 9.14. The highest BCUT2D eigenvalue weighted by Gasteiger charge is 2.10. The Bertz CT molecular complexity index is 882. The maximum Gasteiger partial charge on any atom is 0.411 e. The van der Waals surface area contributed by atoms with Crippen LogP contribution in [-0.2, 0) is 4.74 Å². The number of hydrogen-bond donors (Lipinski definition) is 4. The Morgan fingerprint density at radius 2 is 1.82 bits per heavy atom. The average Bonchev–Trinajstić information content (AvgIpc) is 2.69. The van der Waals surface area contributed by atoms with Crippen LogP contribution in [0.4, 0.5) is 21.9 Å². The third-order valence-electron chi connectivity index (χ3n) is 3.93. The lowest BCUT2D eigenvalue weighted by atomic mass is 10.1. The van der Waals surface area contributed by atoms with Crippen LogP contribution in [0.5, 0.6) is 0 Å². The molecule has 0 aliphatic carbocycles. The molecule has 0 radical (unpaired) electrons. The third-order valence-corrected chi connectivity index (χ3v) is 3.93. The standard InChI is InChI=1S/C20H23N5O3/c1-2-28-20(27)25-17-9-4-8-16(13-17)23-18(26)14-6-3-7-15(12-14)24-19-21-10-5-11-22-19/h3-4,6-9,12-13H,2,5,10-11H2,1H3,(H,23,26)(H,25,27)(H2,21,22,24). The third kappa shape index (κ3) is 5.47. The van der Waals surface area contributed by atoms with Crippen molar-refractivity contribution in [1.29, 1.82) is 0 Å². The van der Waals surface area contributed by atoms with E-state index in [0.717, 1.165) is 25.2 Å². The molecular weight excluding hydrogens is 358 g/mol. The molecule has 8 heteroatoms. The van der Waals surface area contributed by atoms with Gasteiger partial charge in [-0.15, -0.1) is 0 Å². The molecule has 0 saturated heterocycles. The Morgan fingerprint density at radius 1 is 1.07 bits per heavy atom. The van der Waals surface area contributed by atoms with Crippen LogP contribution in [0.3, 0.4) is 0 Å². The van der Waals surface area contributed by atoms with Crippen molar-refractivity contribution in [2.75, 3.05) is 35.6 Å². The zero-order chi connectivity index (χ0) is 19.8. The van der Waals surface area contributed by atoms with Gasteiger partial charge in [0, 0.05) is 35.7 Å². The zero-order valence-electron chi connectivity index (χ0n) is 15.6. The minimum atomic E-state index is -0.538. The molecule has 2 aromatic carbocycles. The summed E-state index contributed by atoms with van der Waals surface area (Å²) in [5.41, 5.74) is 2.38. The Labute approximate surface area is 163 Å². The Kier molecular flexibility index (Phi) is 6.46. The first-order valence-corrected chi connectivity index (χ1v) is 9.14. The number of carbonyl (C=O) groups is 2. The number of guanidine groups is 1. The van der Waals surface area contributed by atoms with Crippen molar-refractivity contribution in [3.8, 4) is 0 Å². The van der Waals surface area contributed by atoms with Gasteiger partial charge in [0.1, 0.15) is 0 Å². The van der Waals surface area contributed by atoms with Crippen molar-refractivity contribution in [2.24, 2.45) is 4.99 Å². The molecule has 1 aliphatic rings. The number of nitrogens with zero attached hydrogens (tertiary/aromatic N) is 1. The molecule has 146 valence electrons. The van der Waals surface area contributed by atoms with Crippen LogP contribution >= 0.6 is 0 Å².